The molecule has 1 saturated heterocycles. The highest BCUT2D eigenvalue weighted by atomic mass is 35.5. The van der Waals surface area contributed by atoms with Crippen LogP contribution in [0.5, 0.6) is 11.5 Å². The van der Waals surface area contributed by atoms with E-state index in [0.717, 1.165) is 47.8 Å². The number of amides is 1. The van der Waals surface area contributed by atoms with Crippen LogP contribution in [0.3, 0.4) is 0 Å². The lowest BCUT2D eigenvalue weighted by Crippen LogP contribution is -3.00. The maximum absolute atomic E-state index is 13.5. The molecule has 0 aliphatic carbocycles. The molecule has 39 heavy (non-hydrogen) atoms. The first kappa shape index (κ1) is 28.7. The number of nitrogens with one attached hydrogen (secondary N) is 1. The highest BCUT2D eigenvalue weighted by Crippen LogP contribution is 2.33. The Labute approximate surface area is 236 Å². The van der Waals surface area contributed by atoms with Crippen molar-refractivity contribution in [2.45, 2.75) is 39.1 Å². The minimum absolute atomic E-state index is 0. The van der Waals surface area contributed by atoms with E-state index in [2.05, 4.69) is 9.62 Å². The van der Waals surface area contributed by atoms with Crippen LogP contribution < -0.4 is 26.6 Å². The molecule has 2 aliphatic heterocycles. The van der Waals surface area contributed by atoms with Crippen molar-refractivity contribution in [2.24, 2.45) is 0 Å². The normalized spacial score (nSPS) is 15.1. The fourth-order valence-electron chi connectivity index (χ4n) is 5.12. The number of fused-ring (bicyclic) bond motifs is 1. The minimum atomic E-state index is -3.90. The Kier molecular flexibility index (Phi) is 8.44. The Hall–Kier alpha value is -3.27. The summed E-state index contributed by atoms with van der Waals surface area (Å²) in [7, 11) is -3.90. The summed E-state index contributed by atoms with van der Waals surface area (Å²) in [5.74, 6) is 1.35. The minimum Gasteiger partial charge on any atom is -1.00 e. The standard InChI is InChI=1S/C29H33N3O5S.ClH/c1-19-15-20(2)22(4)28(21(19)3)38(34,35)30-25-8-6-5-7-24(25)29(33)32-13-11-31(12-14-32)17-23-9-10-26-27(16-23)37-18-36-26;/h5-10,15-16,30H,11-14,17-18H2,1-4H3;1H/p-1. The molecule has 5 rings (SSSR count). The van der Waals surface area contributed by atoms with Crippen molar-refractivity contribution in [3.8, 4) is 11.5 Å². The number of sulfonamides is 1. The zero-order chi connectivity index (χ0) is 27.0. The zero-order valence-electron chi connectivity index (χ0n) is 22.6. The van der Waals surface area contributed by atoms with Gasteiger partial charge in [0.2, 0.25) is 6.79 Å². The van der Waals surface area contributed by atoms with Gasteiger partial charge in [0.05, 0.1) is 16.1 Å². The fourth-order valence-corrected chi connectivity index (χ4v) is 6.81. The average Bonchev–Trinajstić information content (AvgIpc) is 3.36. The highest BCUT2D eigenvalue weighted by Gasteiger charge is 2.27. The van der Waals surface area contributed by atoms with Gasteiger partial charge in [-0.05, 0) is 79.8 Å². The van der Waals surface area contributed by atoms with E-state index in [1.54, 1.807) is 29.2 Å². The summed E-state index contributed by atoms with van der Waals surface area (Å²) < 4.78 is 40.6. The van der Waals surface area contributed by atoms with Crippen molar-refractivity contribution in [1.82, 2.24) is 9.80 Å². The smallest absolute Gasteiger partial charge is 0.262 e. The van der Waals surface area contributed by atoms with Crippen molar-refractivity contribution in [1.29, 1.82) is 0 Å². The van der Waals surface area contributed by atoms with Gasteiger partial charge in [0.15, 0.2) is 11.5 Å². The first-order chi connectivity index (χ1) is 18.1. The van der Waals surface area contributed by atoms with E-state index in [1.807, 2.05) is 52.0 Å². The summed E-state index contributed by atoms with van der Waals surface area (Å²) in [6.45, 7) is 11.0. The molecule has 0 unspecified atom stereocenters. The number of carbonyl (C=O) groups excluding carboxylic acids is 1. The van der Waals surface area contributed by atoms with Gasteiger partial charge in [-0.2, -0.15) is 0 Å². The molecule has 0 radical (unpaired) electrons. The van der Waals surface area contributed by atoms with E-state index in [4.69, 9.17) is 9.47 Å². The second-order valence-electron chi connectivity index (χ2n) is 10.00. The molecule has 1 N–H and O–H groups in total. The number of ether oxygens (including phenoxy) is 2. The predicted octanol–water partition coefficient (Wildman–Crippen LogP) is 1.41. The second kappa shape index (κ2) is 11.5. The van der Waals surface area contributed by atoms with Crippen LogP contribution in [0, 0.1) is 27.7 Å². The van der Waals surface area contributed by atoms with Crippen LogP contribution in [0.2, 0.25) is 0 Å². The Bertz CT molecular complexity index is 1470. The number of halogens is 1. The van der Waals surface area contributed by atoms with E-state index in [1.165, 1.54) is 0 Å². The van der Waals surface area contributed by atoms with Gasteiger partial charge in [0, 0.05) is 32.7 Å². The van der Waals surface area contributed by atoms with Crippen molar-refractivity contribution in [3.05, 3.63) is 81.9 Å². The van der Waals surface area contributed by atoms with Crippen LogP contribution in [-0.2, 0) is 16.6 Å². The molecule has 0 atom stereocenters. The van der Waals surface area contributed by atoms with E-state index >= 15 is 0 Å². The third-order valence-electron chi connectivity index (χ3n) is 7.47. The molecule has 10 heteroatoms. The summed E-state index contributed by atoms with van der Waals surface area (Å²) >= 11 is 0. The third-order valence-corrected chi connectivity index (χ3v) is 9.11. The number of para-hydroxylation sites is 1. The number of nitrogens with zero attached hydrogens (tertiary/aromatic N) is 2. The lowest BCUT2D eigenvalue weighted by Gasteiger charge is -2.35. The maximum Gasteiger partial charge on any atom is 0.262 e. The molecule has 3 aromatic rings. The van der Waals surface area contributed by atoms with Crippen molar-refractivity contribution in [2.75, 3.05) is 37.7 Å². The molecule has 2 aliphatic rings. The molecule has 208 valence electrons. The van der Waals surface area contributed by atoms with E-state index < -0.39 is 10.0 Å². The molecular weight excluding hydrogens is 538 g/mol. The van der Waals surface area contributed by atoms with Gasteiger partial charge in [-0.15, -0.1) is 0 Å². The molecule has 8 nitrogen and oxygen atoms in total. The number of hydrogen-bond donors (Lipinski definition) is 1. The molecule has 3 aromatic carbocycles. The quantitative estimate of drug-likeness (QED) is 0.482. The van der Waals surface area contributed by atoms with Gasteiger partial charge in [0.1, 0.15) is 0 Å². The monoisotopic (exact) mass is 570 g/mol. The molecule has 1 amide bonds. The van der Waals surface area contributed by atoms with E-state index in [0.29, 0.717) is 35.5 Å². The number of carbonyl (C=O) groups is 1. The van der Waals surface area contributed by atoms with Crippen molar-refractivity contribution >= 4 is 21.6 Å². The van der Waals surface area contributed by atoms with Gasteiger partial charge >= 0.3 is 0 Å². The van der Waals surface area contributed by atoms with Gasteiger partial charge in [0.25, 0.3) is 15.9 Å². The third kappa shape index (κ3) is 5.85. The Balaban J connectivity index is 0.00000353. The number of rotatable bonds is 6. The van der Waals surface area contributed by atoms with Crippen molar-refractivity contribution < 1.29 is 35.1 Å². The van der Waals surface area contributed by atoms with Gasteiger partial charge in [-0.3, -0.25) is 14.4 Å². The fraction of sp³-hybridized carbons (Fsp3) is 0.345. The van der Waals surface area contributed by atoms with Crippen LogP contribution in [-0.4, -0.2) is 57.1 Å². The van der Waals surface area contributed by atoms with E-state index in [-0.39, 0.29) is 30.0 Å². The lowest BCUT2D eigenvalue weighted by molar-refractivity contribution is -0.0000228. The van der Waals surface area contributed by atoms with Crippen LogP contribution >= 0.6 is 0 Å². The first-order valence-electron chi connectivity index (χ1n) is 12.7. The molecule has 0 spiro atoms. The summed E-state index contributed by atoms with van der Waals surface area (Å²) in [5, 5.41) is 0. The maximum atomic E-state index is 13.5. The van der Waals surface area contributed by atoms with E-state index in [9.17, 15) is 13.2 Å². The number of benzene rings is 3. The van der Waals surface area contributed by atoms with Crippen LogP contribution in [0.25, 0.3) is 0 Å². The highest BCUT2D eigenvalue weighted by molar-refractivity contribution is 7.92. The largest absolute Gasteiger partial charge is 1.00 e. The Morgan fingerprint density at radius 1 is 0.872 bits per heavy atom. The number of anilines is 1. The Morgan fingerprint density at radius 3 is 2.21 bits per heavy atom. The second-order valence-corrected chi connectivity index (χ2v) is 11.6. The first-order valence-corrected chi connectivity index (χ1v) is 14.2. The summed E-state index contributed by atoms with van der Waals surface area (Å²) in [6, 6.07) is 14.8. The average molecular weight is 571 g/mol. The lowest BCUT2D eigenvalue weighted by atomic mass is 10.0. The molecule has 1 fully saturated rings. The topological polar surface area (TPSA) is 88.2 Å². The SMILES string of the molecule is Cc1cc(C)c(C)c(S(=O)(=O)Nc2ccccc2C(=O)N2CCN(Cc3ccc4c(c3)OCO4)CC2)c1C.[Cl-]. The van der Waals surface area contributed by atoms with Gasteiger partial charge in [-0.25, -0.2) is 8.42 Å². The van der Waals surface area contributed by atoms with Gasteiger partial charge < -0.3 is 26.8 Å². The summed E-state index contributed by atoms with van der Waals surface area (Å²) in [4.78, 5) is 17.9. The molecule has 2 heterocycles. The number of aryl methyl sites for hydroxylation is 2. The summed E-state index contributed by atoms with van der Waals surface area (Å²) in [6.07, 6.45) is 0. The number of piperazine rings is 1. The number of hydrogen-bond acceptors (Lipinski definition) is 6. The molecule has 0 aromatic heterocycles. The predicted molar refractivity (Wildman–Crippen MR) is 146 cm³/mol. The summed E-state index contributed by atoms with van der Waals surface area (Å²) in [5.41, 5.74) is 5.02. The van der Waals surface area contributed by atoms with Gasteiger partial charge in [-0.1, -0.05) is 24.3 Å². The van der Waals surface area contributed by atoms with Crippen LogP contribution in [0.4, 0.5) is 5.69 Å². The van der Waals surface area contributed by atoms with Crippen LogP contribution in [0.1, 0.15) is 38.2 Å². The molecular formula is C29H33ClN3O5S-. The van der Waals surface area contributed by atoms with Crippen molar-refractivity contribution in [3.63, 3.8) is 0 Å². The Morgan fingerprint density at radius 2 is 1.51 bits per heavy atom. The zero-order valence-corrected chi connectivity index (χ0v) is 24.2. The molecule has 0 bridgehead atoms. The molecule has 0 saturated carbocycles. The van der Waals surface area contributed by atoms with Crippen LogP contribution in [0.15, 0.2) is 53.4 Å².